The van der Waals surface area contributed by atoms with E-state index in [4.69, 9.17) is 9.47 Å². The highest BCUT2D eigenvalue weighted by atomic mass is 16.6. The van der Waals surface area contributed by atoms with Gasteiger partial charge in [-0.25, -0.2) is 14.5 Å². The fourth-order valence-electron chi connectivity index (χ4n) is 2.71. The van der Waals surface area contributed by atoms with Gasteiger partial charge in [0, 0.05) is 0 Å². The number of hydrogen-bond donors (Lipinski definition) is 0. The number of imide groups is 1. The van der Waals surface area contributed by atoms with Crippen LogP contribution in [0.4, 0.5) is 4.79 Å². The second-order valence-corrected chi connectivity index (χ2v) is 8.26. The number of rotatable bonds is 3. The van der Waals surface area contributed by atoms with E-state index in [-0.39, 0.29) is 5.91 Å². The third-order valence-corrected chi connectivity index (χ3v) is 3.56. The molecule has 0 aliphatic carbocycles. The summed E-state index contributed by atoms with van der Waals surface area (Å²) in [5.74, 6) is -0.955. The lowest BCUT2D eigenvalue weighted by molar-refractivity contribution is -0.190. The van der Waals surface area contributed by atoms with Gasteiger partial charge < -0.3 is 9.47 Å². The Labute approximate surface area is 138 Å². The standard InChI is InChI=1S/C17H29NO5/c1-9-10-17(8)11(12(19)22-15(2,3)4)18(13(17)20)14(21)23-16(5,6)7/h11H,9-10H2,1-8H3. The van der Waals surface area contributed by atoms with Gasteiger partial charge in [0.2, 0.25) is 5.91 Å². The molecule has 0 aromatic heterocycles. The molecule has 1 aliphatic heterocycles. The van der Waals surface area contributed by atoms with E-state index in [0.29, 0.717) is 6.42 Å². The van der Waals surface area contributed by atoms with E-state index in [1.165, 1.54) is 0 Å². The minimum Gasteiger partial charge on any atom is -0.458 e. The molecule has 1 saturated heterocycles. The normalized spacial score (nSPS) is 25.0. The van der Waals surface area contributed by atoms with Crippen LogP contribution < -0.4 is 0 Å². The molecule has 6 heteroatoms. The molecule has 0 radical (unpaired) electrons. The van der Waals surface area contributed by atoms with Crippen LogP contribution in [0.5, 0.6) is 0 Å². The van der Waals surface area contributed by atoms with Gasteiger partial charge in [0.05, 0.1) is 5.41 Å². The van der Waals surface area contributed by atoms with Crippen molar-refractivity contribution in [2.75, 3.05) is 0 Å². The molecule has 1 rings (SSSR count). The van der Waals surface area contributed by atoms with Crippen molar-refractivity contribution < 1.29 is 23.9 Å². The Bertz CT molecular complexity index is 500. The van der Waals surface area contributed by atoms with Gasteiger partial charge in [-0.1, -0.05) is 13.3 Å². The first-order chi connectivity index (χ1) is 10.2. The zero-order valence-electron chi connectivity index (χ0n) is 15.5. The molecular formula is C17H29NO5. The molecule has 0 spiro atoms. The van der Waals surface area contributed by atoms with Crippen LogP contribution in [0.15, 0.2) is 0 Å². The molecule has 0 aromatic rings. The fraction of sp³-hybridized carbons (Fsp3) is 0.824. The van der Waals surface area contributed by atoms with E-state index in [1.807, 2.05) is 6.92 Å². The van der Waals surface area contributed by atoms with Crippen LogP contribution >= 0.6 is 0 Å². The summed E-state index contributed by atoms with van der Waals surface area (Å²) in [7, 11) is 0. The predicted octanol–water partition coefficient (Wildman–Crippen LogP) is 3.28. The van der Waals surface area contributed by atoms with Crippen molar-refractivity contribution in [2.24, 2.45) is 5.41 Å². The average Bonchev–Trinajstić information content (AvgIpc) is 2.30. The number of carbonyl (C=O) groups excluding carboxylic acids is 3. The van der Waals surface area contributed by atoms with Crippen LogP contribution in [0.3, 0.4) is 0 Å². The molecule has 6 nitrogen and oxygen atoms in total. The third-order valence-electron chi connectivity index (χ3n) is 3.56. The van der Waals surface area contributed by atoms with Gasteiger partial charge in [-0.05, 0) is 54.9 Å². The summed E-state index contributed by atoms with van der Waals surface area (Å²) in [6, 6.07) is -0.941. The summed E-state index contributed by atoms with van der Waals surface area (Å²) in [6.07, 6.45) is 0.436. The van der Waals surface area contributed by atoms with Crippen LogP contribution in [0.2, 0.25) is 0 Å². The Morgan fingerprint density at radius 2 is 1.57 bits per heavy atom. The lowest BCUT2D eigenvalue weighted by atomic mass is 9.69. The van der Waals surface area contributed by atoms with Crippen molar-refractivity contribution in [2.45, 2.75) is 85.5 Å². The Morgan fingerprint density at radius 1 is 1.09 bits per heavy atom. The van der Waals surface area contributed by atoms with E-state index >= 15 is 0 Å². The maximum atomic E-state index is 12.5. The lowest BCUT2D eigenvalue weighted by Crippen LogP contribution is -2.73. The molecule has 0 bridgehead atoms. The zero-order valence-corrected chi connectivity index (χ0v) is 15.5. The number of esters is 1. The highest BCUT2D eigenvalue weighted by molar-refractivity contribution is 6.08. The molecule has 1 aliphatic rings. The number of nitrogens with zero attached hydrogens (tertiary/aromatic N) is 1. The van der Waals surface area contributed by atoms with E-state index in [1.54, 1.807) is 48.5 Å². The molecule has 2 unspecified atom stereocenters. The van der Waals surface area contributed by atoms with Crippen LogP contribution in [-0.4, -0.2) is 40.1 Å². The van der Waals surface area contributed by atoms with Crippen molar-refractivity contribution in [1.82, 2.24) is 4.90 Å². The highest BCUT2D eigenvalue weighted by Gasteiger charge is 2.64. The first-order valence-electron chi connectivity index (χ1n) is 8.02. The summed E-state index contributed by atoms with van der Waals surface area (Å²) < 4.78 is 10.7. The van der Waals surface area contributed by atoms with Crippen LogP contribution in [0.25, 0.3) is 0 Å². The van der Waals surface area contributed by atoms with E-state index in [9.17, 15) is 14.4 Å². The largest absolute Gasteiger partial charge is 0.458 e. The first kappa shape index (κ1) is 19.5. The van der Waals surface area contributed by atoms with Crippen molar-refractivity contribution in [3.63, 3.8) is 0 Å². The van der Waals surface area contributed by atoms with Gasteiger partial charge in [0.15, 0.2) is 6.04 Å². The molecule has 23 heavy (non-hydrogen) atoms. The van der Waals surface area contributed by atoms with Gasteiger partial charge in [0.1, 0.15) is 11.2 Å². The number of amides is 2. The number of β-lactam (4-membered cyclic amide) rings is 1. The minimum absolute atomic E-state index is 0.385. The van der Waals surface area contributed by atoms with Gasteiger partial charge in [0.25, 0.3) is 0 Å². The number of likely N-dealkylation sites (tertiary alicyclic amines) is 1. The van der Waals surface area contributed by atoms with Crippen LogP contribution in [0, 0.1) is 5.41 Å². The first-order valence-corrected chi connectivity index (χ1v) is 8.02. The molecule has 2 atom stereocenters. The Balaban J connectivity index is 3.07. The smallest absolute Gasteiger partial charge is 0.417 e. The van der Waals surface area contributed by atoms with E-state index in [2.05, 4.69) is 0 Å². The monoisotopic (exact) mass is 327 g/mol. The van der Waals surface area contributed by atoms with Crippen molar-refractivity contribution in [3.05, 3.63) is 0 Å². The SMILES string of the molecule is CCCC1(C)C(=O)N(C(=O)OC(C)(C)C)C1C(=O)OC(C)(C)C. The summed E-state index contributed by atoms with van der Waals surface area (Å²) in [5, 5.41) is 0. The van der Waals surface area contributed by atoms with Gasteiger partial charge in [-0.15, -0.1) is 0 Å². The van der Waals surface area contributed by atoms with Crippen molar-refractivity contribution >= 4 is 18.0 Å². The summed E-state index contributed by atoms with van der Waals surface area (Å²) in [4.78, 5) is 38.2. The summed E-state index contributed by atoms with van der Waals surface area (Å²) in [6.45, 7) is 14.0. The Hall–Kier alpha value is -1.59. The second kappa shape index (κ2) is 6.13. The van der Waals surface area contributed by atoms with Crippen molar-refractivity contribution in [1.29, 1.82) is 0 Å². The van der Waals surface area contributed by atoms with E-state index < -0.39 is 34.7 Å². The topological polar surface area (TPSA) is 72.9 Å². The fourth-order valence-corrected chi connectivity index (χ4v) is 2.71. The Morgan fingerprint density at radius 3 is 1.96 bits per heavy atom. The highest BCUT2D eigenvalue weighted by Crippen LogP contribution is 2.44. The maximum Gasteiger partial charge on any atom is 0.417 e. The van der Waals surface area contributed by atoms with Gasteiger partial charge >= 0.3 is 12.1 Å². The summed E-state index contributed by atoms with van der Waals surface area (Å²) >= 11 is 0. The lowest BCUT2D eigenvalue weighted by Gasteiger charge is -2.51. The molecule has 132 valence electrons. The van der Waals surface area contributed by atoms with Crippen LogP contribution in [-0.2, 0) is 19.1 Å². The summed E-state index contributed by atoms with van der Waals surface area (Å²) in [5.41, 5.74) is -2.36. The van der Waals surface area contributed by atoms with Gasteiger partial charge in [-0.2, -0.15) is 0 Å². The molecule has 1 fully saturated rings. The molecule has 1 heterocycles. The quantitative estimate of drug-likeness (QED) is 0.587. The zero-order chi connectivity index (χ0) is 18.2. The van der Waals surface area contributed by atoms with E-state index in [0.717, 1.165) is 11.3 Å². The predicted molar refractivity (Wildman–Crippen MR) is 85.7 cm³/mol. The minimum atomic E-state index is -0.941. The second-order valence-electron chi connectivity index (χ2n) is 8.26. The number of ether oxygens (including phenoxy) is 2. The van der Waals surface area contributed by atoms with Crippen molar-refractivity contribution in [3.8, 4) is 0 Å². The molecular weight excluding hydrogens is 298 g/mol. The Kier molecular flexibility index (Phi) is 5.19. The number of carbonyl (C=O) groups is 3. The van der Waals surface area contributed by atoms with Crippen LogP contribution in [0.1, 0.15) is 68.2 Å². The molecule has 2 amide bonds. The number of hydrogen-bond acceptors (Lipinski definition) is 5. The molecule has 0 N–H and O–H groups in total. The molecule has 0 saturated carbocycles. The van der Waals surface area contributed by atoms with Gasteiger partial charge in [-0.3, -0.25) is 4.79 Å². The molecule has 0 aromatic carbocycles. The third kappa shape index (κ3) is 4.24. The maximum absolute atomic E-state index is 12.5. The average molecular weight is 327 g/mol.